The van der Waals surface area contributed by atoms with E-state index in [4.69, 9.17) is 9.16 Å². The molecule has 1 aromatic heterocycles. The minimum Gasteiger partial charge on any atom is -0.408 e. The van der Waals surface area contributed by atoms with Crippen molar-refractivity contribution in [1.82, 2.24) is 9.55 Å². The fourth-order valence-electron chi connectivity index (χ4n) is 2.54. The molecule has 0 aromatic carbocycles. The highest BCUT2D eigenvalue weighted by Crippen LogP contribution is 2.42. The van der Waals surface area contributed by atoms with Crippen LogP contribution in [-0.2, 0) is 9.16 Å². The van der Waals surface area contributed by atoms with Crippen molar-refractivity contribution in [3.8, 4) is 0 Å². The Bertz CT molecular complexity index is 724. The normalized spacial score (nSPS) is 29.0. The maximum atomic E-state index is 15.2. The Morgan fingerprint density at radius 1 is 1.40 bits per heavy atom. The highest BCUT2D eigenvalue weighted by molar-refractivity contribution is 6.74. The number of aliphatic hydroxyl groups excluding tert-OH is 1. The number of hydrogen-bond donors (Lipinski definition) is 2. The van der Waals surface area contributed by atoms with E-state index in [2.05, 4.69) is 4.98 Å². The maximum absolute atomic E-state index is 15.2. The van der Waals surface area contributed by atoms with Gasteiger partial charge < -0.3 is 14.3 Å². The molecular weight excluding hydrogens is 347 g/mol. The SMILES string of the molecule is C[C@@H](O)C1O[C@@H](n2ccc(=O)[nH]c2=O)[C@H](F)[C@@H]1O[Si](C)(C)C(C)(C)C. The van der Waals surface area contributed by atoms with Gasteiger partial charge >= 0.3 is 5.69 Å². The molecule has 0 saturated carbocycles. The molecule has 0 bridgehead atoms. The zero-order chi connectivity index (χ0) is 19.2. The molecular formula is C16H27FN2O5Si. The summed E-state index contributed by atoms with van der Waals surface area (Å²) < 4.78 is 27.9. The molecule has 0 aliphatic carbocycles. The van der Waals surface area contributed by atoms with Crippen LogP contribution in [0.2, 0.25) is 18.1 Å². The van der Waals surface area contributed by atoms with Gasteiger partial charge in [-0.15, -0.1) is 0 Å². The van der Waals surface area contributed by atoms with Crippen LogP contribution in [0, 0.1) is 0 Å². The number of aliphatic hydroxyl groups is 1. The summed E-state index contributed by atoms with van der Waals surface area (Å²) in [4.78, 5) is 25.3. The molecule has 1 aromatic rings. The van der Waals surface area contributed by atoms with E-state index in [-0.39, 0.29) is 5.04 Å². The summed E-state index contributed by atoms with van der Waals surface area (Å²) in [6.45, 7) is 11.6. The van der Waals surface area contributed by atoms with E-state index in [1.165, 1.54) is 13.1 Å². The maximum Gasteiger partial charge on any atom is 0.330 e. The molecule has 1 saturated heterocycles. The number of ether oxygens (including phenoxy) is 1. The Morgan fingerprint density at radius 2 is 2.00 bits per heavy atom. The van der Waals surface area contributed by atoms with Crippen LogP contribution in [-0.4, -0.2) is 47.5 Å². The molecule has 142 valence electrons. The molecule has 9 heteroatoms. The van der Waals surface area contributed by atoms with Crippen LogP contribution in [0.5, 0.6) is 0 Å². The van der Waals surface area contributed by atoms with Crippen molar-refractivity contribution in [1.29, 1.82) is 0 Å². The van der Waals surface area contributed by atoms with E-state index in [0.29, 0.717) is 0 Å². The third-order valence-electron chi connectivity index (χ3n) is 5.04. The number of halogens is 1. The highest BCUT2D eigenvalue weighted by Gasteiger charge is 2.52. The summed E-state index contributed by atoms with van der Waals surface area (Å²) in [5.41, 5.74) is -1.34. The second-order valence-electron chi connectivity index (χ2n) is 8.04. The van der Waals surface area contributed by atoms with Crippen LogP contribution in [0.25, 0.3) is 0 Å². The van der Waals surface area contributed by atoms with Crippen LogP contribution in [0.4, 0.5) is 4.39 Å². The number of H-pyrrole nitrogens is 1. The number of hydrogen-bond acceptors (Lipinski definition) is 5. The standard InChI is InChI=1S/C16H27FN2O5Si/c1-9(20)12-13(24-25(5,6)16(2,3)4)11(17)14(23-12)19-8-7-10(21)18-15(19)22/h7-9,11-14,20H,1-6H3,(H,18,21,22)/t9-,11-,12?,13+,14-/m1/s1. The Morgan fingerprint density at radius 3 is 2.48 bits per heavy atom. The molecule has 0 amide bonds. The predicted molar refractivity (Wildman–Crippen MR) is 93.9 cm³/mol. The van der Waals surface area contributed by atoms with Crippen molar-refractivity contribution >= 4 is 8.32 Å². The van der Waals surface area contributed by atoms with Crippen molar-refractivity contribution in [2.75, 3.05) is 0 Å². The molecule has 1 unspecified atom stereocenters. The first kappa shape index (κ1) is 20.0. The predicted octanol–water partition coefficient (Wildman–Crippen LogP) is 1.54. The quantitative estimate of drug-likeness (QED) is 0.780. The Kier molecular flexibility index (Phi) is 5.44. The number of aromatic nitrogens is 2. The molecule has 5 atom stereocenters. The molecule has 1 fully saturated rings. The van der Waals surface area contributed by atoms with Crippen LogP contribution < -0.4 is 11.2 Å². The lowest BCUT2D eigenvalue weighted by atomic mass is 10.1. The Labute approximate surface area is 146 Å². The van der Waals surface area contributed by atoms with E-state index in [9.17, 15) is 14.7 Å². The van der Waals surface area contributed by atoms with Crippen molar-refractivity contribution in [2.24, 2.45) is 0 Å². The third-order valence-corrected chi connectivity index (χ3v) is 9.52. The third kappa shape index (κ3) is 3.94. The fourth-order valence-corrected chi connectivity index (χ4v) is 3.84. The van der Waals surface area contributed by atoms with Gasteiger partial charge in [0.15, 0.2) is 20.7 Å². The summed E-state index contributed by atoms with van der Waals surface area (Å²) in [7, 11) is -2.33. The Hall–Kier alpha value is -1.29. The van der Waals surface area contributed by atoms with E-state index in [1.807, 2.05) is 33.9 Å². The smallest absolute Gasteiger partial charge is 0.330 e. The largest absolute Gasteiger partial charge is 0.408 e. The van der Waals surface area contributed by atoms with Crippen molar-refractivity contribution in [3.05, 3.63) is 33.1 Å². The summed E-state index contributed by atoms with van der Waals surface area (Å²) >= 11 is 0. The van der Waals surface area contributed by atoms with Gasteiger partial charge in [-0.25, -0.2) is 9.18 Å². The molecule has 0 spiro atoms. The van der Waals surface area contributed by atoms with Gasteiger partial charge in [0.2, 0.25) is 0 Å². The van der Waals surface area contributed by atoms with E-state index < -0.39 is 50.3 Å². The topological polar surface area (TPSA) is 93.5 Å². The van der Waals surface area contributed by atoms with Crippen molar-refractivity contribution in [2.45, 2.75) is 76.5 Å². The van der Waals surface area contributed by atoms with Crippen LogP contribution in [0.3, 0.4) is 0 Å². The van der Waals surface area contributed by atoms with Gasteiger partial charge in [0.1, 0.15) is 12.2 Å². The molecule has 2 N–H and O–H groups in total. The lowest BCUT2D eigenvalue weighted by Crippen LogP contribution is -2.50. The van der Waals surface area contributed by atoms with E-state index in [1.54, 1.807) is 0 Å². The first-order chi connectivity index (χ1) is 11.3. The van der Waals surface area contributed by atoms with Crippen molar-refractivity contribution in [3.63, 3.8) is 0 Å². The van der Waals surface area contributed by atoms with E-state index in [0.717, 1.165) is 10.6 Å². The summed E-state index contributed by atoms with van der Waals surface area (Å²) in [5, 5.41) is 9.87. The van der Waals surface area contributed by atoms with E-state index >= 15 is 4.39 Å². The first-order valence-electron chi connectivity index (χ1n) is 8.32. The average Bonchev–Trinajstić information content (AvgIpc) is 2.75. The molecule has 1 aliphatic heterocycles. The number of rotatable bonds is 4. The van der Waals surface area contributed by atoms with Crippen LogP contribution in [0.15, 0.2) is 21.9 Å². The van der Waals surface area contributed by atoms with Crippen LogP contribution >= 0.6 is 0 Å². The molecule has 25 heavy (non-hydrogen) atoms. The zero-order valence-corrected chi connectivity index (χ0v) is 16.4. The second kappa shape index (κ2) is 6.79. The molecule has 0 radical (unpaired) electrons. The van der Waals surface area contributed by atoms with Gasteiger partial charge in [-0.3, -0.25) is 14.3 Å². The zero-order valence-electron chi connectivity index (χ0n) is 15.4. The van der Waals surface area contributed by atoms with Crippen LogP contribution in [0.1, 0.15) is 33.9 Å². The van der Waals surface area contributed by atoms with Gasteiger partial charge in [0.05, 0.1) is 6.10 Å². The molecule has 1 aliphatic rings. The van der Waals surface area contributed by atoms with Gasteiger partial charge in [0, 0.05) is 12.3 Å². The minimum atomic E-state index is -2.33. The summed E-state index contributed by atoms with van der Waals surface area (Å²) in [6, 6.07) is 1.12. The fraction of sp³-hybridized carbons (Fsp3) is 0.750. The lowest BCUT2D eigenvalue weighted by Gasteiger charge is -2.40. The first-order valence-corrected chi connectivity index (χ1v) is 11.2. The van der Waals surface area contributed by atoms with Gasteiger partial charge in [-0.1, -0.05) is 20.8 Å². The average molecular weight is 374 g/mol. The van der Waals surface area contributed by atoms with Gasteiger partial charge in [-0.05, 0) is 25.1 Å². The summed E-state index contributed by atoms with van der Waals surface area (Å²) in [5.74, 6) is 0. The monoisotopic (exact) mass is 374 g/mol. The lowest BCUT2D eigenvalue weighted by molar-refractivity contribution is -0.0768. The highest BCUT2D eigenvalue weighted by atomic mass is 28.4. The molecule has 7 nitrogen and oxygen atoms in total. The Balaban J connectivity index is 2.37. The number of alkyl halides is 1. The molecule has 2 heterocycles. The summed E-state index contributed by atoms with van der Waals surface area (Å²) in [6.07, 6.45) is -4.61. The van der Waals surface area contributed by atoms with Gasteiger partial charge in [0.25, 0.3) is 5.56 Å². The minimum absolute atomic E-state index is 0.150. The molecule has 2 rings (SSSR count). The van der Waals surface area contributed by atoms with Gasteiger partial charge in [-0.2, -0.15) is 0 Å². The number of nitrogens with one attached hydrogen (secondary N) is 1. The number of nitrogens with zero attached hydrogens (tertiary/aromatic N) is 1. The number of aromatic amines is 1. The van der Waals surface area contributed by atoms with Crippen molar-refractivity contribution < 1.29 is 18.7 Å². The second-order valence-corrected chi connectivity index (χ2v) is 12.8.